The molecule has 7 heteroatoms. The van der Waals surface area contributed by atoms with Crippen molar-refractivity contribution in [3.8, 4) is 11.5 Å². The lowest BCUT2D eigenvalue weighted by Gasteiger charge is -2.27. The third-order valence-electron chi connectivity index (χ3n) is 5.13. The molecule has 0 saturated carbocycles. The molecule has 0 bridgehead atoms. The summed E-state index contributed by atoms with van der Waals surface area (Å²) in [7, 11) is 1.39. The van der Waals surface area contributed by atoms with Gasteiger partial charge in [-0.25, -0.2) is 0 Å². The van der Waals surface area contributed by atoms with Crippen molar-refractivity contribution in [3.63, 3.8) is 0 Å². The minimum atomic E-state index is -2.05. The number of hydrogen-bond acceptors (Lipinski definition) is 7. The molecule has 1 aromatic rings. The molecule has 0 saturated heterocycles. The molecule has 1 spiro atoms. The number of carbonyl (C=O) groups excluding carboxylic acids is 4. The molecule has 7 nitrogen and oxygen atoms in total. The van der Waals surface area contributed by atoms with Crippen LogP contribution in [0.2, 0.25) is 0 Å². The molecule has 3 rings (SSSR count). The van der Waals surface area contributed by atoms with Gasteiger partial charge in [0.2, 0.25) is 11.6 Å². The number of ketones is 2. The lowest BCUT2D eigenvalue weighted by atomic mass is 9.79. The second-order valence-corrected chi connectivity index (χ2v) is 7.87. The predicted octanol–water partition coefficient (Wildman–Crippen LogP) is 3.31. The highest BCUT2D eigenvalue weighted by Gasteiger charge is 2.58. The normalized spacial score (nSPS) is 21.0. The average molecular weight is 412 g/mol. The number of rotatable bonds is 6. The van der Waals surface area contributed by atoms with E-state index >= 15 is 0 Å². The molecule has 1 aromatic carbocycles. The summed E-state index contributed by atoms with van der Waals surface area (Å²) < 4.78 is 16.8. The van der Waals surface area contributed by atoms with Gasteiger partial charge in [-0.2, -0.15) is 0 Å². The molecule has 0 N–H and O–H groups in total. The number of hydrogen-bond donors (Lipinski definition) is 0. The van der Waals surface area contributed by atoms with Gasteiger partial charge in [0.25, 0.3) is 5.60 Å². The van der Waals surface area contributed by atoms with Crippen molar-refractivity contribution in [2.45, 2.75) is 45.8 Å². The van der Waals surface area contributed by atoms with Crippen molar-refractivity contribution >= 4 is 23.8 Å². The highest BCUT2D eigenvalue weighted by Crippen LogP contribution is 2.48. The van der Waals surface area contributed by atoms with Crippen molar-refractivity contribution in [2.24, 2.45) is 5.92 Å². The van der Waals surface area contributed by atoms with Crippen LogP contribution < -0.4 is 9.47 Å². The Bertz CT molecular complexity index is 999. The topological polar surface area (TPSA) is 96.0 Å². The first-order valence-corrected chi connectivity index (χ1v) is 9.67. The molecular formula is C23H24O7. The van der Waals surface area contributed by atoms with Crippen LogP contribution in [0, 0.1) is 5.92 Å². The first-order valence-electron chi connectivity index (χ1n) is 9.67. The number of benzene rings is 1. The van der Waals surface area contributed by atoms with Crippen molar-refractivity contribution in [3.05, 3.63) is 46.6 Å². The zero-order valence-corrected chi connectivity index (χ0v) is 17.6. The highest BCUT2D eigenvalue weighted by molar-refractivity contribution is 6.30. The van der Waals surface area contributed by atoms with Crippen LogP contribution in [0.4, 0.5) is 0 Å². The Balaban J connectivity index is 2.16. The van der Waals surface area contributed by atoms with Gasteiger partial charge in [0.15, 0.2) is 6.29 Å². The Morgan fingerprint density at radius 1 is 1.23 bits per heavy atom. The molecule has 0 aromatic heterocycles. The molecular weight excluding hydrogens is 388 g/mol. The SMILES string of the molecule is COc1c(C(CC(C)C)OC(C)=O)ccc2c1C(=O)C1(O2)C(=O)C=C(C)C=C1C=O. The number of Topliss-reactive ketones (excluding diaryl/α,β-unsaturated/α-hetero) is 1. The molecule has 0 radical (unpaired) electrons. The standard InChI is InChI=1S/C23H24O7/c1-12(2)8-18(29-14(4)25)16-6-7-17-20(21(16)28-5)22(27)23(30-17)15(11-24)9-13(3)10-19(23)26/h6-7,9-12,18H,8H2,1-5H3. The number of esters is 1. The van der Waals surface area contributed by atoms with Gasteiger partial charge in [-0.15, -0.1) is 0 Å². The number of aldehydes is 1. The van der Waals surface area contributed by atoms with Gasteiger partial charge < -0.3 is 14.2 Å². The summed E-state index contributed by atoms with van der Waals surface area (Å²) in [6, 6.07) is 3.19. The van der Waals surface area contributed by atoms with Crippen LogP contribution in [0.25, 0.3) is 0 Å². The van der Waals surface area contributed by atoms with E-state index in [1.807, 2.05) is 13.8 Å². The average Bonchev–Trinajstić information content (AvgIpc) is 2.96. The van der Waals surface area contributed by atoms with E-state index in [9.17, 15) is 19.2 Å². The van der Waals surface area contributed by atoms with E-state index in [0.717, 1.165) is 0 Å². The monoisotopic (exact) mass is 412 g/mol. The van der Waals surface area contributed by atoms with Gasteiger partial charge in [-0.1, -0.05) is 13.8 Å². The number of methoxy groups -OCH3 is 1. The van der Waals surface area contributed by atoms with Crippen molar-refractivity contribution in [2.75, 3.05) is 7.11 Å². The Labute approximate surface area is 174 Å². The first-order chi connectivity index (χ1) is 14.1. The molecule has 0 fully saturated rings. The first kappa shape index (κ1) is 21.5. The smallest absolute Gasteiger partial charge is 0.303 e. The fraction of sp³-hybridized carbons (Fsp3) is 0.391. The highest BCUT2D eigenvalue weighted by atomic mass is 16.5. The van der Waals surface area contributed by atoms with E-state index in [1.165, 1.54) is 32.3 Å². The summed E-state index contributed by atoms with van der Waals surface area (Å²) in [4.78, 5) is 49.7. The summed E-state index contributed by atoms with van der Waals surface area (Å²) in [5.41, 5.74) is -0.994. The third-order valence-corrected chi connectivity index (χ3v) is 5.13. The van der Waals surface area contributed by atoms with E-state index in [0.29, 0.717) is 23.8 Å². The molecule has 158 valence electrons. The number of ether oxygens (including phenoxy) is 3. The van der Waals surface area contributed by atoms with Crippen LogP contribution in [0.3, 0.4) is 0 Å². The lowest BCUT2D eigenvalue weighted by Crippen LogP contribution is -2.51. The minimum absolute atomic E-state index is 0.0592. The van der Waals surface area contributed by atoms with E-state index < -0.39 is 29.2 Å². The third kappa shape index (κ3) is 3.34. The lowest BCUT2D eigenvalue weighted by molar-refractivity contribution is -0.147. The maximum atomic E-state index is 13.5. The molecule has 2 unspecified atom stereocenters. The summed E-state index contributed by atoms with van der Waals surface area (Å²) in [6.45, 7) is 6.94. The fourth-order valence-corrected chi connectivity index (χ4v) is 3.92. The van der Waals surface area contributed by atoms with Crippen molar-refractivity contribution in [1.82, 2.24) is 0 Å². The molecule has 30 heavy (non-hydrogen) atoms. The van der Waals surface area contributed by atoms with E-state index in [4.69, 9.17) is 14.2 Å². The maximum absolute atomic E-state index is 13.5. The van der Waals surface area contributed by atoms with Gasteiger partial charge in [0, 0.05) is 12.5 Å². The Hall–Kier alpha value is -3.22. The van der Waals surface area contributed by atoms with E-state index in [1.54, 1.807) is 13.0 Å². The van der Waals surface area contributed by atoms with Gasteiger partial charge in [0.1, 0.15) is 23.2 Å². The molecule has 2 atom stereocenters. The summed E-state index contributed by atoms with van der Waals surface area (Å²) >= 11 is 0. The number of allylic oxidation sites excluding steroid dienone is 2. The second-order valence-electron chi connectivity index (χ2n) is 7.87. The van der Waals surface area contributed by atoms with Gasteiger partial charge in [-0.05, 0) is 49.1 Å². The van der Waals surface area contributed by atoms with Gasteiger partial charge in [0.05, 0.1) is 12.7 Å². The van der Waals surface area contributed by atoms with Gasteiger partial charge >= 0.3 is 5.97 Å². The Kier molecular flexibility index (Phi) is 5.65. The van der Waals surface area contributed by atoms with Crippen LogP contribution in [0.1, 0.15) is 56.1 Å². The van der Waals surface area contributed by atoms with Crippen LogP contribution in [-0.4, -0.2) is 36.5 Å². The zero-order chi connectivity index (χ0) is 22.2. The molecule has 2 aliphatic rings. The molecule has 0 amide bonds. The van der Waals surface area contributed by atoms with E-state index in [2.05, 4.69) is 0 Å². The van der Waals surface area contributed by atoms with Crippen LogP contribution in [0.15, 0.2) is 35.4 Å². The quantitative estimate of drug-likeness (QED) is 0.402. The fourth-order valence-electron chi connectivity index (χ4n) is 3.92. The maximum Gasteiger partial charge on any atom is 0.303 e. The number of fused-ring (bicyclic) bond motifs is 1. The van der Waals surface area contributed by atoms with Crippen LogP contribution >= 0.6 is 0 Å². The molecule has 1 aliphatic carbocycles. The van der Waals surface area contributed by atoms with Gasteiger partial charge in [-0.3, -0.25) is 19.2 Å². The zero-order valence-electron chi connectivity index (χ0n) is 17.6. The largest absolute Gasteiger partial charge is 0.495 e. The Morgan fingerprint density at radius 2 is 1.93 bits per heavy atom. The van der Waals surface area contributed by atoms with E-state index in [-0.39, 0.29) is 28.6 Å². The molecule has 1 heterocycles. The predicted molar refractivity (Wildman–Crippen MR) is 108 cm³/mol. The van der Waals surface area contributed by atoms with Crippen LogP contribution in [0.5, 0.6) is 11.5 Å². The summed E-state index contributed by atoms with van der Waals surface area (Å²) in [6.07, 6.45) is 3.08. The van der Waals surface area contributed by atoms with Crippen molar-refractivity contribution in [1.29, 1.82) is 0 Å². The minimum Gasteiger partial charge on any atom is -0.495 e. The molecule has 1 aliphatic heterocycles. The Morgan fingerprint density at radius 3 is 2.50 bits per heavy atom. The van der Waals surface area contributed by atoms with Crippen molar-refractivity contribution < 1.29 is 33.4 Å². The summed E-state index contributed by atoms with van der Waals surface area (Å²) in [5, 5.41) is 0. The number of carbonyl (C=O) groups is 4. The van der Waals surface area contributed by atoms with Crippen LogP contribution in [-0.2, 0) is 19.1 Å². The summed E-state index contributed by atoms with van der Waals surface area (Å²) in [5.74, 6) is -1.24. The second kappa shape index (κ2) is 7.89.